The van der Waals surface area contributed by atoms with Gasteiger partial charge in [-0.3, -0.25) is 4.79 Å². The molecule has 1 amide bonds. The summed E-state index contributed by atoms with van der Waals surface area (Å²) >= 11 is 0. The lowest BCUT2D eigenvalue weighted by molar-refractivity contribution is -0.136. The van der Waals surface area contributed by atoms with Crippen LogP contribution in [-0.4, -0.2) is 29.0 Å². The molecular formula is C16H15F3N4O. The summed E-state index contributed by atoms with van der Waals surface area (Å²) in [7, 11) is 0. The second-order valence-electron chi connectivity index (χ2n) is 5.43. The molecule has 1 aromatic carbocycles. The number of halogens is 3. The molecule has 1 aliphatic heterocycles. The van der Waals surface area contributed by atoms with Gasteiger partial charge in [-0.15, -0.1) is 0 Å². The maximum Gasteiger partial charge on any atom is 0.418 e. The van der Waals surface area contributed by atoms with Crippen molar-refractivity contribution in [1.82, 2.24) is 9.97 Å². The Morgan fingerprint density at radius 2 is 1.83 bits per heavy atom. The Morgan fingerprint density at radius 3 is 2.54 bits per heavy atom. The molecule has 5 nitrogen and oxygen atoms in total. The van der Waals surface area contributed by atoms with Crippen LogP contribution in [0.5, 0.6) is 0 Å². The molecule has 0 radical (unpaired) electrons. The molecule has 0 spiro atoms. The number of para-hydroxylation sites is 1. The summed E-state index contributed by atoms with van der Waals surface area (Å²) in [6.45, 7) is 1.62. The maximum atomic E-state index is 13.0. The topological polar surface area (TPSA) is 58.1 Å². The number of amides is 1. The number of anilines is 2. The smallest absolute Gasteiger partial charge is 0.341 e. The quantitative estimate of drug-likeness (QED) is 0.934. The van der Waals surface area contributed by atoms with E-state index < -0.39 is 17.6 Å². The first kappa shape index (κ1) is 16.2. The van der Waals surface area contributed by atoms with Gasteiger partial charge < -0.3 is 10.2 Å². The lowest BCUT2D eigenvalue weighted by Crippen LogP contribution is -2.23. The highest BCUT2D eigenvalue weighted by Gasteiger charge is 2.33. The van der Waals surface area contributed by atoms with Crippen molar-refractivity contribution >= 4 is 17.5 Å². The Kier molecular flexibility index (Phi) is 4.37. The molecule has 8 heteroatoms. The number of rotatable bonds is 3. The number of aromatic nitrogens is 2. The standard InChI is InChI=1S/C16H15F3N4O/c17-16(18,19)11-5-1-2-6-12(11)21-14(24)13-7-8-20-15(22-13)23-9-3-4-10-23/h1-2,5-8H,3-4,9-10H2,(H,21,24). The molecule has 1 fully saturated rings. The second-order valence-corrected chi connectivity index (χ2v) is 5.43. The van der Waals surface area contributed by atoms with Gasteiger partial charge in [0.05, 0.1) is 11.3 Å². The highest BCUT2D eigenvalue weighted by Crippen LogP contribution is 2.34. The highest BCUT2D eigenvalue weighted by molar-refractivity contribution is 6.03. The molecule has 0 aliphatic carbocycles. The number of hydrogen-bond acceptors (Lipinski definition) is 4. The van der Waals surface area contributed by atoms with E-state index in [0.29, 0.717) is 5.95 Å². The normalized spacial score (nSPS) is 14.7. The van der Waals surface area contributed by atoms with Crippen LogP contribution in [0.2, 0.25) is 0 Å². The fourth-order valence-electron chi connectivity index (χ4n) is 2.57. The lowest BCUT2D eigenvalue weighted by atomic mass is 10.1. The van der Waals surface area contributed by atoms with Gasteiger partial charge in [0.25, 0.3) is 5.91 Å². The number of nitrogens with one attached hydrogen (secondary N) is 1. The van der Waals surface area contributed by atoms with E-state index in [0.717, 1.165) is 32.0 Å². The third-order valence-corrected chi connectivity index (χ3v) is 3.75. The summed E-state index contributed by atoms with van der Waals surface area (Å²) in [6, 6.07) is 6.22. The summed E-state index contributed by atoms with van der Waals surface area (Å²) in [4.78, 5) is 22.5. The van der Waals surface area contributed by atoms with Gasteiger partial charge in [-0.1, -0.05) is 12.1 Å². The van der Waals surface area contributed by atoms with Crippen LogP contribution in [0.1, 0.15) is 28.9 Å². The minimum absolute atomic E-state index is 0.0314. The zero-order valence-electron chi connectivity index (χ0n) is 12.7. The number of alkyl halides is 3. The van der Waals surface area contributed by atoms with Gasteiger partial charge in [-0.2, -0.15) is 13.2 Å². The van der Waals surface area contributed by atoms with Gasteiger partial charge >= 0.3 is 6.18 Å². The molecule has 1 aromatic heterocycles. The molecule has 2 aromatic rings. The minimum Gasteiger partial charge on any atom is -0.341 e. The van der Waals surface area contributed by atoms with Crippen LogP contribution in [-0.2, 0) is 6.18 Å². The van der Waals surface area contributed by atoms with E-state index in [4.69, 9.17) is 0 Å². The second kappa shape index (κ2) is 6.46. The van der Waals surface area contributed by atoms with Crippen LogP contribution in [0.25, 0.3) is 0 Å². The Morgan fingerprint density at radius 1 is 1.12 bits per heavy atom. The predicted octanol–water partition coefficient (Wildman–Crippen LogP) is 3.35. The molecule has 24 heavy (non-hydrogen) atoms. The van der Waals surface area contributed by atoms with Crippen molar-refractivity contribution in [2.75, 3.05) is 23.3 Å². The molecule has 0 bridgehead atoms. The Balaban J connectivity index is 1.82. The number of nitrogens with zero attached hydrogens (tertiary/aromatic N) is 3. The van der Waals surface area contributed by atoms with Gasteiger partial charge in [0, 0.05) is 19.3 Å². The van der Waals surface area contributed by atoms with Gasteiger partial charge in [-0.05, 0) is 31.0 Å². The van der Waals surface area contributed by atoms with Gasteiger partial charge in [0.2, 0.25) is 5.95 Å². The van der Waals surface area contributed by atoms with Crippen molar-refractivity contribution in [2.45, 2.75) is 19.0 Å². The van der Waals surface area contributed by atoms with E-state index in [-0.39, 0.29) is 11.4 Å². The highest BCUT2D eigenvalue weighted by atomic mass is 19.4. The molecule has 1 saturated heterocycles. The molecule has 0 unspecified atom stereocenters. The summed E-state index contributed by atoms with van der Waals surface area (Å²) in [5, 5.41) is 2.28. The van der Waals surface area contributed by atoms with Crippen molar-refractivity contribution in [3.05, 3.63) is 47.8 Å². The van der Waals surface area contributed by atoms with E-state index in [1.165, 1.54) is 30.5 Å². The van der Waals surface area contributed by atoms with Crippen molar-refractivity contribution in [3.63, 3.8) is 0 Å². The monoisotopic (exact) mass is 336 g/mol. The molecule has 0 atom stereocenters. The van der Waals surface area contributed by atoms with Crippen molar-refractivity contribution in [2.24, 2.45) is 0 Å². The summed E-state index contributed by atoms with van der Waals surface area (Å²) in [5.41, 5.74) is -1.16. The molecule has 1 N–H and O–H groups in total. The Hall–Kier alpha value is -2.64. The first-order valence-electron chi connectivity index (χ1n) is 7.51. The zero-order valence-corrected chi connectivity index (χ0v) is 12.7. The fourth-order valence-corrected chi connectivity index (χ4v) is 2.57. The van der Waals surface area contributed by atoms with E-state index >= 15 is 0 Å². The van der Waals surface area contributed by atoms with Crippen LogP contribution < -0.4 is 10.2 Å². The summed E-state index contributed by atoms with van der Waals surface area (Å²) < 4.78 is 39.0. The van der Waals surface area contributed by atoms with Crippen LogP contribution >= 0.6 is 0 Å². The van der Waals surface area contributed by atoms with E-state index in [1.807, 2.05) is 4.90 Å². The SMILES string of the molecule is O=C(Nc1ccccc1C(F)(F)F)c1ccnc(N2CCCC2)n1. The fraction of sp³-hybridized carbons (Fsp3) is 0.312. The number of benzene rings is 1. The average Bonchev–Trinajstić information content (AvgIpc) is 3.09. The summed E-state index contributed by atoms with van der Waals surface area (Å²) in [6.07, 6.45) is -1.06. The first-order valence-corrected chi connectivity index (χ1v) is 7.51. The Bertz CT molecular complexity index is 742. The van der Waals surface area contributed by atoms with Crippen LogP contribution in [0.15, 0.2) is 36.5 Å². The lowest BCUT2D eigenvalue weighted by Gasteiger charge is -2.16. The number of hydrogen-bond donors (Lipinski definition) is 1. The van der Waals surface area contributed by atoms with Gasteiger partial charge in [-0.25, -0.2) is 9.97 Å². The van der Waals surface area contributed by atoms with Crippen molar-refractivity contribution in [3.8, 4) is 0 Å². The van der Waals surface area contributed by atoms with Crippen LogP contribution in [0.3, 0.4) is 0 Å². The number of carbonyl (C=O) groups excluding carboxylic acids is 1. The largest absolute Gasteiger partial charge is 0.418 e. The van der Waals surface area contributed by atoms with E-state index in [9.17, 15) is 18.0 Å². The van der Waals surface area contributed by atoms with Crippen molar-refractivity contribution in [1.29, 1.82) is 0 Å². The Labute approximate surface area is 136 Å². The first-order chi connectivity index (χ1) is 11.4. The predicted molar refractivity (Wildman–Crippen MR) is 82.9 cm³/mol. The number of carbonyl (C=O) groups is 1. The third kappa shape index (κ3) is 3.47. The molecule has 126 valence electrons. The molecule has 3 rings (SSSR count). The third-order valence-electron chi connectivity index (χ3n) is 3.75. The molecule has 0 saturated carbocycles. The van der Waals surface area contributed by atoms with Crippen molar-refractivity contribution < 1.29 is 18.0 Å². The molecule has 1 aliphatic rings. The average molecular weight is 336 g/mol. The van der Waals surface area contributed by atoms with E-state index in [1.54, 1.807) is 0 Å². The zero-order chi connectivity index (χ0) is 17.2. The van der Waals surface area contributed by atoms with Crippen LogP contribution in [0.4, 0.5) is 24.8 Å². The maximum absolute atomic E-state index is 13.0. The molecular weight excluding hydrogens is 321 g/mol. The van der Waals surface area contributed by atoms with Gasteiger partial charge in [0.15, 0.2) is 0 Å². The minimum atomic E-state index is -4.55. The summed E-state index contributed by atoms with van der Waals surface area (Å²) in [5.74, 6) is -0.279. The van der Waals surface area contributed by atoms with E-state index in [2.05, 4.69) is 15.3 Å². The molecule has 2 heterocycles. The van der Waals surface area contributed by atoms with Gasteiger partial charge in [0.1, 0.15) is 5.69 Å². The van der Waals surface area contributed by atoms with Crippen LogP contribution in [0, 0.1) is 0 Å².